The molecule has 17 heavy (non-hydrogen) atoms. The van der Waals surface area contributed by atoms with E-state index >= 15 is 0 Å². The van der Waals surface area contributed by atoms with Crippen molar-refractivity contribution < 1.29 is 18.3 Å². The molecule has 6 heteroatoms. The molecule has 0 saturated heterocycles. The van der Waals surface area contributed by atoms with E-state index in [1.54, 1.807) is 19.2 Å². The number of nitrogens with zero attached hydrogens (tertiary/aromatic N) is 2. The largest absolute Gasteiger partial charge is 0.435 e. The predicted molar refractivity (Wildman–Crippen MR) is 57.2 cm³/mol. The van der Waals surface area contributed by atoms with E-state index in [4.69, 9.17) is 0 Å². The van der Waals surface area contributed by atoms with Crippen molar-refractivity contribution in [1.29, 1.82) is 0 Å². The molecule has 2 rings (SSSR count). The molecule has 0 fully saturated rings. The van der Waals surface area contributed by atoms with Crippen LogP contribution in [0, 0.1) is 0 Å². The first-order valence-corrected chi connectivity index (χ1v) is 4.94. The van der Waals surface area contributed by atoms with Crippen molar-refractivity contribution in [3.05, 3.63) is 29.8 Å². The first kappa shape index (κ1) is 11.5. The van der Waals surface area contributed by atoms with Crippen LogP contribution in [0.15, 0.2) is 29.3 Å². The van der Waals surface area contributed by atoms with Crippen LogP contribution in [-0.4, -0.2) is 36.8 Å². The van der Waals surface area contributed by atoms with Gasteiger partial charge in [0.05, 0.1) is 0 Å². The van der Waals surface area contributed by atoms with Crippen LogP contribution in [-0.2, 0) is 4.79 Å². The van der Waals surface area contributed by atoms with E-state index in [0.717, 1.165) is 0 Å². The van der Waals surface area contributed by atoms with Gasteiger partial charge in [-0.2, -0.15) is 8.78 Å². The third-order valence-corrected chi connectivity index (χ3v) is 2.39. The van der Waals surface area contributed by atoms with Crippen LogP contribution in [0.1, 0.15) is 5.56 Å². The maximum absolute atomic E-state index is 11.9. The number of amides is 1. The van der Waals surface area contributed by atoms with Gasteiger partial charge in [-0.25, -0.2) is 0 Å². The summed E-state index contributed by atoms with van der Waals surface area (Å²) >= 11 is 0. The first-order chi connectivity index (χ1) is 8.08. The summed E-state index contributed by atoms with van der Waals surface area (Å²) in [5, 5.41) is 0. The number of carbonyl (C=O) groups is 1. The molecule has 0 aliphatic carbocycles. The first-order valence-electron chi connectivity index (χ1n) is 4.94. The molecular formula is C11H10F2N2O2. The van der Waals surface area contributed by atoms with Crippen LogP contribution in [0.2, 0.25) is 0 Å². The number of hydrogen-bond donors (Lipinski definition) is 0. The third kappa shape index (κ3) is 2.41. The monoisotopic (exact) mass is 240 g/mol. The lowest BCUT2D eigenvalue weighted by molar-refractivity contribution is -0.123. The number of aliphatic imine (C=N–C) groups is 1. The average Bonchev–Trinajstić information content (AvgIpc) is 2.60. The van der Waals surface area contributed by atoms with Crippen LogP contribution >= 0.6 is 0 Å². The average molecular weight is 240 g/mol. The maximum atomic E-state index is 11.9. The van der Waals surface area contributed by atoms with Crippen molar-refractivity contribution in [3.8, 4) is 5.75 Å². The van der Waals surface area contributed by atoms with Gasteiger partial charge < -0.3 is 4.74 Å². The van der Waals surface area contributed by atoms with Gasteiger partial charge in [0.2, 0.25) is 5.91 Å². The van der Waals surface area contributed by atoms with Gasteiger partial charge in [-0.3, -0.25) is 14.7 Å². The quantitative estimate of drug-likeness (QED) is 0.803. The normalized spacial score (nSPS) is 15.4. The van der Waals surface area contributed by atoms with Gasteiger partial charge in [0.15, 0.2) is 0 Å². The summed E-state index contributed by atoms with van der Waals surface area (Å²) in [5.41, 5.74) is 0.694. The van der Waals surface area contributed by atoms with E-state index in [2.05, 4.69) is 9.73 Å². The summed E-state index contributed by atoms with van der Waals surface area (Å²) in [5.74, 6) is 0.530. The number of likely N-dealkylation sites (N-methyl/N-ethyl adjacent to an activating group) is 1. The zero-order chi connectivity index (χ0) is 12.4. The minimum atomic E-state index is -2.84. The fourth-order valence-corrected chi connectivity index (χ4v) is 1.54. The molecule has 1 amide bonds. The zero-order valence-corrected chi connectivity index (χ0v) is 9.06. The molecule has 4 nitrogen and oxygen atoms in total. The number of ether oxygens (including phenoxy) is 1. The fourth-order valence-electron chi connectivity index (χ4n) is 1.54. The predicted octanol–water partition coefficient (Wildman–Crippen LogP) is 1.51. The smallest absolute Gasteiger partial charge is 0.387 e. The minimum absolute atomic E-state index is 0.0799. The number of amidine groups is 1. The summed E-state index contributed by atoms with van der Waals surface area (Å²) in [4.78, 5) is 16.8. The number of carbonyl (C=O) groups excluding carboxylic acids is 1. The third-order valence-electron chi connectivity index (χ3n) is 2.39. The highest BCUT2D eigenvalue weighted by atomic mass is 19.3. The molecule has 1 aromatic rings. The van der Waals surface area contributed by atoms with Crippen LogP contribution in [0.25, 0.3) is 0 Å². The van der Waals surface area contributed by atoms with E-state index in [1.165, 1.54) is 17.0 Å². The van der Waals surface area contributed by atoms with E-state index in [9.17, 15) is 13.6 Å². The Balaban J connectivity index is 2.16. The lowest BCUT2D eigenvalue weighted by atomic mass is 10.2. The number of halogens is 2. The Bertz CT molecular complexity index is 457. The number of alkyl halides is 2. The van der Waals surface area contributed by atoms with Crippen molar-refractivity contribution in [3.63, 3.8) is 0 Å². The minimum Gasteiger partial charge on any atom is -0.435 e. The molecule has 0 aromatic heterocycles. The second-order valence-electron chi connectivity index (χ2n) is 3.50. The van der Waals surface area contributed by atoms with Gasteiger partial charge in [-0.1, -0.05) is 0 Å². The zero-order valence-electron chi connectivity index (χ0n) is 9.06. The van der Waals surface area contributed by atoms with Crippen molar-refractivity contribution >= 4 is 11.7 Å². The second-order valence-corrected chi connectivity index (χ2v) is 3.50. The van der Waals surface area contributed by atoms with Crippen LogP contribution in [0.4, 0.5) is 8.78 Å². The molecule has 1 aliphatic rings. The van der Waals surface area contributed by atoms with Gasteiger partial charge in [0.1, 0.15) is 18.1 Å². The molecule has 90 valence electrons. The Hall–Kier alpha value is -1.98. The molecule has 0 spiro atoms. The highest BCUT2D eigenvalue weighted by Crippen LogP contribution is 2.17. The molecule has 1 aliphatic heterocycles. The summed E-state index contributed by atoms with van der Waals surface area (Å²) in [7, 11) is 1.62. The van der Waals surface area contributed by atoms with Gasteiger partial charge >= 0.3 is 6.61 Å². The maximum Gasteiger partial charge on any atom is 0.387 e. The van der Waals surface area contributed by atoms with Crippen molar-refractivity contribution in [2.45, 2.75) is 6.61 Å². The van der Waals surface area contributed by atoms with E-state index in [-0.39, 0.29) is 18.2 Å². The SMILES string of the molecule is CN1C(=O)CN=C1c1ccc(OC(F)F)cc1. The Labute approximate surface area is 96.5 Å². The number of benzene rings is 1. The van der Waals surface area contributed by atoms with Crippen molar-refractivity contribution in [1.82, 2.24) is 4.90 Å². The Morgan fingerprint density at radius 2 is 2.00 bits per heavy atom. The lowest BCUT2D eigenvalue weighted by Crippen LogP contribution is -2.28. The van der Waals surface area contributed by atoms with Crippen LogP contribution in [0.3, 0.4) is 0 Å². The van der Waals surface area contributed by atoms with Crippen LogP contribution < -0.4 is 4.74 Å². The number of rotatable bonds is 3. The molecule has 0 unspecified atom stereocenters. The summed E-state index contributed by atoms with van der Waals surface area (Å²) < 4.78 is 28.1. The molecule has 0 saturated carbocycles. The van der Waals surface area contributed by atoms with Gasteiger partial charge in [-0.15, -0.1) is 0 Å². The van der Waals surface area contributed by atoms with E-state index in [1.807, 2.05) is 0 Å². The van der Waals surface area contributed by atoms with Gasteiger partial charge in [0.25, 0.3) is 0 Å². The van der Waals surface area contributed by atoms with Gasteiger partial charge in [-0.05, 0) is 24.3 Å². The highest BCUT2D eigenvalue weighted by Gasteiger charge is 2.22. The Kier molecular flexibility index (Phi) is 3.03. The summed E-state index contributed by atoms with van der Waals surface area (Å²) in [6.07, 6.45) is 0. The fraction of sp³-hybridized carbons (Fsp3) is 0.273. The van der Waals surface area contributed by atoms with E-state index < -0.39 is 6.61 Å². The molecule has 1 aromatic carbocycles. The summed E-state index contributed by atoms with van der Waals surface area (Å²) in [6.45, 7) is -2.71. The second kappa shape index (κ2) is 4.48. The Morgan fingerprint density at radius 1 is 1.35 bits per heavy atom. The molecule has 0 bridgehead atoms. The molecule has 0 radical (unpaired) electrons. The van der Waals surface area contributed by atoms with E-state index in [0.29, 0.717) is 11.4 Å². The Morgan fingerprint density at radius 3 is 2.47 bits per heavy atom. The molecule has 0 atom stereocenters. The van der Waals surface area contributed by atoms with Gasteiger partial charge in [0, 0.05) is 12.6 Å². The molecule has 1 heterocycles. The number of hydrogen-bond acceptors (Lipinski definition) is 3. The summed E-state index contributed by atoms with van der Waals surface area (Å²) in [6, 6.07) is 6.01. The van der Waals surface area contributed by atoms with Crippen molar-refractivity contribution in [2.24, 2.45) is 4.99 Å². The topological polar surface area (TPSA) is 41.9 Å². The lowest BCUT2D eigenvalue weighted by Gasteiger charge is -2.12. The molecular weight excluding hydrogens is 230 g/mol. The standard InChI is InChI=1S/C11H10F2N2O2/c1-15-9(16)6-14-10(15)7-2-4-8(5-3-7)17-11(12)13/h2-5,11H,6H2,1H3. The molecule has 0 N–H and O–H groups in total. The highest BCUT2D eigenvalue weighted by molar-refractivity contribution is 6.12. The van der Waals surface area contributed by atoms with Crippen LogP contribution in [0.5, 0.6) is 5.75 Å². The van der Waals surface area contributed by atoms with Crippen molar-refractivity contribution in [2.75, 3.05) is 13.6 Å².